The minimum atomic E-state index is -0.779. The molecule has 0 saturated carbocycles. The number of carbonyl (C=O) groups excluding carboxylic acids is 3. The summed E-state index contributed by atoms with van der Waals surface area (Å²) in [5.74, 6) is -0.885. The monoisotopic (exact) mass is 899 g/mol. The predicted octanol–water partition coefficient (Wildman–Crippen LogP) is 18.5. The first kappa shape index (κ1) is 61.6. The molecule has 6 nitrogen and oxygen atoms in total. The van der Waals surface area contributed by atoms with Crippen LogP contribution in [0.2, 0.25) is 0 Å². The molecule has 0 radical (unpaired) electrons. The number of unbranched alkanes of at least 4 members (excludes halogenated alkanes) is 34. The predicted molar refractivity (Wildman–Crippen MR) is 275 cm³/mol. The highest BCUT2D eigenvalue weighted by Gasteiger charge is 2.19. The molecule has 0 fully saturated rings. The lowest BCUT2D eigenvalue weighted by Crippen LogP contribution is -2.30. The molecule has 1 atom stereocenters. The van der Waals surface area contributed by atoms with E-state index in [4.69, 9.17) is 14.2 Å². The topological polar surface area (TPSA) is 78.9 Å². The van der Waals surface area contributed by atoms with Crippen molar-refractivity contribution < 1.29 is 28.6 Å². The van der Waals surface area contributed by atoms with Crippen LogP contribution in [0.5, 0.6) is 0 Å². The zero-order valence-corrected chi connectivity index (χ0v) is 42.8. The van der Waals surface area contributed by atoms with Crippen LogP contribution in [0.25, 0.3) is 0 Å². The molecule has 0 N–H and O–H groups in total. The van der Waals surface area contributed by atoms with Crippen LogP contribution in [0.4, 0.5) is 0 Å². The molecule has 0 spiro atoms. The third-order valence-corrected chi connectivity index (χ3v) is 12.4. The van der Waals surface area contributed by atoms with Crippen LogP contribution >= 0.6 is 0 Å². The molecule has 374 valence electrons. The second kappa shape index (κ2) is 53.2. The summed E-state index contributed by atoms with van der Waals surface area (Å²) in [6, 6.07) is 0. The summed E-state index contributed by atoms with van der Waals surface area (Å²) in [4.78, 5) is 38.1. The Balaban J connectivity index is 4.37. The van der Waals surface area contributed by atoms with Crippen LogP contribution in [-0.4, -0.2) is 37.2 Å². The average Bonchev–Trinajstić information content (AvgIpc) is 3.29. The lowest BCUT2D eigenvalue weighted by molar-refractivity contribution is -0.167. The van der Waals surface area contributed by atoms with E-state index in [2.05, 4.69) is 57.2 Å². The van der Waals surface area contributed by atoms with E-state index in [0.717, 1.165) is 89.9 Å². The molecule has 0 heterocycles. The number of hydrogen-bond donors (Lipinski definition) is 0. The lowest BCUT2D eigenvalue weighted by Gasteiger charge is -2.18. The van der Waals surface area contributed by atoms with Crippen LogP contribution in [0.3, 0.4) is 0 Å². The largest absolute Gasteiger partial charge is 0.462 e. The van der Waals surface area contributed by atoms with Crippen LogP contribution in [0, 0.1) is 0 Å². The molecule has 0 aliphatic rings. The van der Waals surface area contributed by atoms with Crippen LogP contribution in [0.1, 0.15) is 297 Å². The summed E-state index contributed by atoms with van der Waals surface area (Å²) >= 11 is 0. The number of rotatable bonds is 51. The highest BCUT2D eigenvalue weighted by molar-refractivity contribution is 5.71. The van der Waals surface area contributed by atoms with Crippen molar-refractivity contribution in [2.45, 2.75) is 303 Å². The van der Waals surface area contributed by atoms with Gasteiger partial charge in [0.2, 0.25) is 0 Å². The van der Waals surface area contributed by atoms with E-state index in [1.54, 1.807) is 0 Å². The van der Waals surface area contributed by atoms with E-state index < -0.39 is 6.10 Å². The Hall–Kier alpha value is -2.37. The van der Waals surface area contributed by atoms with Crippen molar-refractivity contribution in [2.24, 2.45) is 0 Å². The fourth-order valence-electron chi connectivity index (χ4n) is 8.12. The van der Waals surface area contributed by atoms with E-state index in [9.17, 15) is 14.4 Å². The Morgan fingerprint density at radius 1 is 0.312 bits per heavy atom. The molecule has 0 saturated heterocycles. The smallest absolute Gasteiger partial charge is 0.306 e. The highest BCUT2D eigenvalue weighted by Crippen LogP contribution is 2.16. The summed E-state index contributed by atoms with van der Waals surface area (Å²) in [7, 11) is 0. The molecular weight excluding hydrogens is 793 g/mol. The second-order valence-corrected chi connectivity index (χ2v) is 18.8. The van der Waals surface area contributed by atoms with Crippen LogP contribution in [-0.2, 0) is 28.6 Å². The second-order valence-electron chi connectivity index (χ2n) is 18.8. The van der Waals surface area contributed by atoms with Crippen molar-refractivity contribution in [3.05, 3.63) is 36.5 Å². The fraction of sp³-hybridized carbons (Fsp3) is 0.845. The third kappa shape index (κ3) is 50.6. The Bertz CT molecular complexity index is 1080. The van der Waals surface area contributed by atoms with E-state index in [0.29, 0.717) is 19.3 Å². The van der Waals surface area contributed by atoms with Gasteiger partial charge in [-0.25, -0.2) is 0 Å². The summed E-state index contributed by atoms with van der Waals surface area (Å²) < 4.78 is 16.8. The SMILES string of the molecule is CCCCC/C=C\C/C=C\CCCCCCCC(=O)OC(COC(=O)CCCCCCC/C=C\CCCCCCCC)COC(=O)CCCCCCCCCCCCCCCCCC. The number of carbonyl (C=O) groups is 3. The van der Waals surface area contributed by atoms with E-state index in [-0.39, 0.29) is 31.1 Å². The zero-order valence-electron chi connectivity index (χ0n) is 42.8. The van der Waals surface area contributed by atoms with E-state index >= 15 is 0 Å². The lowest BCUT2D eigenvalue weighted by atomic mass is 10.0. The van der Waals surface area contributed by atoms with Crippen molar-refractivity contribution in [3.8, 4) is 0 Å². The van der Waals surface area contributed by atoms with E-state index in [1.165, 1.54) is 167 Å². The molecule has 0 rings (SSSR count). The first-order chi connectivity index (χ1) is 31.5. The molecule has 0 amide bonds. The summed E-state index contributed by atoms with van der Waals surface area (Å²) in [5.41, 5.74) is 0. The summed E-state index contributed by atoms with van der Waals surface area (Å²) in [6.45, 7) is 6.62. The minimum Gasteiger partial charge on any atom is -0.462 e. The molecule has 0 bridgehead atoms. The quantitative estimate of drug-likeness (QED) is 0.0262. The zero-order chi connectivity index (χ0) is 46.5. The first-order valence-corrected chi connectivity index (χ1v) is 28.0. The van der Waals surface area contributed by atoms with Gasteiger partial charge in [0.05, 0.1) is 0 Å². The van der Waals surface area contributed by atoms with Gasteiger partial charge in [0.15, 0.2) is 6.10 Å². The first-order valence-electron chi connectivity index (χ1n) is 28.0. The van der Waals surface area contributed by atoms with Crippen molar-refractivity contribution in [2.75, 3.05) is 13.2 Å². The molecule has 6 heteroatoms. The standard InChI is InChI=1S/C58H106O6/c1-4-7-10-13-16-19-22-25-28-31-33-36-39-42-45-48-51-57(60)63-54-55(64-58(61)52-49-46-43-40-37-34-30-27-24-21-18-15-12-9-6-3)53-62-56(59)50-47-44-41-38-35-32-29-26-23-20-17-14-11-8-5-2/h18,21,26-27,29-30,55H,4-17,19-20,22-25,28,31-54H2,1-3H3/b21-18-,29-26-,30-27-. The molecule has 64 heavy (non-hydrogen) atoms. The highest BCUT2D eigenvalue weighted by atomic mass is 16.6. The van der Waals surface area contributed by atoms with Gasteiger partial charge in [0, 0.05) is 19.3 Å². The Kier molecular flexibility index (Phi) is 51.3. The maximum absolute atomic E-state index is 12.8. The molecule has 0 aromatic rings. The molecular formula is C58H106O6. The minimum absolute atomic E-state index is 0.0771. The normalized spacial score (nSPS) is 12.2. The van der Waals surface area contributed by atoms with Crippen molar-refractivity contribution in [3.63, 3.8) is 0 Å². The number of esters is 3. The number of hydrogen-bond acceptors (Lipinski definition) is 6. The van der Waals surface area contributed by atoms with Crippen molar-refractivity contribution in [1.82, 2.24) is 0 Å². The Morgan fingerprint density at radius 3 is 0.906 bits per heavy atom. The van der Waals surface area contributed by atoms with Crippen LogP contribution < -0.4 is 0 Å². The Morgan fingerprint density at radius 2 is 0.562 bits per heavy atom. The maximum Gasteiger partial charge on any atom is 0.306 e. The molecule has 1 unspecified atom stereocenters. The van der Waals surface area contributed by atoms with Gasteiger partial charge in [0.25, 0.3) is 0 Å². The van der Waals surface area contributed by atoms with Gasteiger partial charge in [-0.1, -0.05) is 237 Å². The van der Waals surface area contributed by atoms with Crippen molar-refractivity contribution >= 4 is 17.9 Å². The third-order valence-electron chi connectivity index (χ3n) is 12.4. The molecule has 0 aliphatic carbocycles. The van der Waals surface area contributed by atoms with Crippen LogP contribution in [0.15, 0.2) is 36.5 Å². The summed E-state index contributed by atoms with van der Waals surface area (Å²) in [6.07, 6.45) is 62.7. The van der Waals surface area contributed by atoms with Gasteiger partial charge < -0.3 is 14.2 Å². The van der Waals surface area contributed by atoms with Gasteiger partial charge in [-0.15, -0.1) is 0 Å². The van der Waals surface area contributed by atoms with Gasteiger partial charge in [-0.3, -0.25) is 14.4 Å². The average molecular weight is 899 g/mol. The van der Waals surface area contributed by atoms with Gasteiger partial charge in [0.1, 0.15) is 13.2 Å². The summed E-state index contributed by atoms with van der Waals surface area (Å²) in [5, 5.41) is 0. The molecule has 0 aromatic heterocycles. The number of ether oxygens (including phenoxy) is 3. The molecule has 0 aromatic carbocycles. The van der Waals surface area contributed by atoms with E-state index in [1.807, 2.05) is 0 Å². The number of allylic oxidation sites excluding steroid dienone is 6. The van der Waals surface area contributed by atoms with Gasteiger partial charge >= 0.3 is 17.9 Å². The molecule has 0 aliphatic heterocycles. The van der Waals surface area contributed by atoms with Gasteiger partial charge in [-0.2, -0.15) is 0 Å². The maximum atomic E-state index is 12.8. The van der Waals surface area contributed by atoms with Gasteiger partial charge in [-0.05, 0) is 77.0 Å². The fourth-order valence-corrected chi connectivity index (χ4v) is 8.12. The Labute approximate surface area is 397 Å². The van der Waals surface area contributed by atoms with Crippen molar-refractivity contribution in [1.29, 1.82) is 0 Å².